The number of para-hydroxylation sites is 1. The SMILES string of the molecule is C=Cc1ccccc1/C=C(\C)c1cccc(-c2ccc(N(c3ccccc3)c3ccc(-c4ccc(-c5ccccc5)c(-c5ccccc5)c4)cc3)cc2)c1. The largest absolute Gasteiger partial charge is 0.311 e. The fourth-order valence-corrected chi connectivity index (χ4v) is 7.17. The van der Waals surface area contributed by atoms with Gasteiger partial charge in [0.2, 0.25) is 0 Å². The summed E-state index contributed by atoms with van der Waals surface area (Å²) in [6.45, 7) is 6.16. The number of anilines is 3. The average Bonchev–Trinajstić information content (AvgIpc) is 3.25. The minimum Gasteiger partial charge on any atom is -0.311 e. The Balaban J connectivity index is 1.10. The molecule has 8 aromatic carbocycles. The average molecular weight is 692 g/mol. The Morgan fingerprint density at radius 2 is 0.852 bits per heavy atom. The zero-order valence-electron chi connectivity index (χ0n) is 30.4. The Labute approximate surface area is 319 Å². The zero-order valence-corrected chi connectivity index (χ0v) is 30.4. The van der Waals surface area contributed by atoms with Crippen LogP contribution in [0.5, 0.6) is 0 Å². The van der Waals surface area contributed by atoms with E-state index in [1.807, 2.05) is 6.08 Å². The normalized spacial score (nSPS) is 11.2. The van der Waals surface area contributed by atoms with E-state index in [1.54, 1.807) is 0 Å². The molecule has 1 nitrogen and oxygen atoms in total. The van der Waals surface area contributed by atoms with Crippen molar-refractivity contribution in [2.24, 2.45) is 0 Å². The molecule has 0 aliphatic rings. The molecule has 0 saturated heterocycles. The molecule has 8 aromatic rings. The van der Waals surface area contributed by atoms with Gasteiger partial charge in [0.05, 0.1) is 0 Å². The van der Waals surface area contributed by atoms with Crippen LogP contribution in [0.2, 0.25) is 0 Å². The second-order valence-electron chi connectivity index (χ2n) is 13.5. The first kappa shape index (κ1) is 34.1. The van der Waals surface area contributed by atoms with Gasteiger partial charge in [0.25, 0.3) is 0 Å². The van der Waals surface area contributed by atoms with Crippen LogP contribution in [0.1, 0.15) is 23.6 Å². The van der Waals surface area contributed by atoms with Crippen molar-refractivity contribution in [3.8, 4) is 44.5 Å². The van der Waals surface area contributed by atoms with Crippen molar-refractivity contribution in [1.29, 1.82) is 0 Å². The molecule has 0 saturated carbocycles. The van der Waals surface area contributed by atoms with Gasteiger partial charge in [-0.15, -0.1) is 0 Å². The highest BCUT2D eigenvalue weighted by atomic mass is 15.1. The number of allylic oxidation sites excluding steroid dienone is 1. The molecule has 0 N–H and O–H groups in total. The summed E-state index contributed by atoms with van der Waals surface area (Å²) in [5.41, 5.74) is 17.6. The topological polar surface area (TPSA) is 3.24 Å². The van der Waals surface area contributed by atoms with Crippen LogP contribution in [-0.4, -0.2) is 0 Å². The summed E-state index contributed by atoms with van der Waals surface area (Å²) in [5.74, 6) is 0. The van der Waals surface area contributed by atoms with Crippen molar-refractivity contribution < 1.29 is 0 Å². The molecule has 258 valence electrons. The van der Waals surface area contributed by atoms with Crippen molar-refractivity contribution in [2.45, 2.75) is 6.92 Å². The minimum atomic E-state index is 1.10. The molecule has 1 heteroatoms. The molecule has 0 unspecified atom stereocenters. The highest BCUT2D eigenvalue weighted by molar-refractivity contribution is 5.88. The predicted octanol–water partition coefficient (Wildman–Crippen LogP) is 15.0. The van der Waals surface area contributed by atoms with E-state index in [0.717, 1.165) is 22.6 Å². The van der Waals surface area contributed by atoms with Gasteiger partial charge in [-0.2, -0.15) is 0 Å². The standard InChI is InChI=1S/C53H41N/c1-3-40-16-13-14-21-46(40)36-39(2)45-22-15-23-47(37-45)41-26-31-50(32-27-41)54(49-24-11-6-12-25-49)51-33-28-42(29-34-51)48-30-35-52(43-17-7-4-8-18-43)53(38-48)44-19-9-5-10-20-44/h3-38H,1H2,2H3/b39-36+. The first-order valence-electron chi connectivity index (χ1n) is 18.5. The van der Waals surface area contributed by atoms with Crippen LogP contribution in [0.3, 0.4) is 0 Å². The summed E-state index contributed by atoms with van der Waals surface area (Å²) >= 11 is 0. The Kier molecular flexibility index (Phi) is 9.95. The van der Waals surface area contributed by atoms with E-state index in [0.29, 0.717) is 0 Å². The molecule has 0 heterocycles. The quantitative estimate of drug-likeness (QED) is 0.129. The smallest absolute Gasteiger partial charge is 0.0462 e. The van der Waals surface area contributed by atoms with Gasteiger partial charge in [-0.3, -0.25) is 0 Å². The number of hydrogen-bond acceptors (Lipinski definition) is 1. The van der Waals surface area contributed by atoms with E-state index < -0.39 is 0 Å². The van der Waals surface area contributed by atoms with E-state index >= 15 is 0 Å². The van der Waals surface area contributed by atoms with E-state index in [1.165, 1.54) is 61.2 Å². The van der Waals surface area contributed by atoms with E-state index in [9.17, 15) is 0 Å². The summed E-state index contributed by atoms with van der Waals surface area (Å²) in [4.78, 5) is 2.32. The van der Waals surface area contributed by atoms with Crippen LogP contribution in [0.4, 0.5) is 17.1 Å². The van der Waals surface area contributed by atoms with Crippen molar-refractivity contribution in [1.82, 2.24) is 0 Å². The van der Waals surface area contributed by atoms with Gasteiger partial charge in [-0.25, -0.2) is 0 Å². The fourth-order valence-electron chi connectivity index (χ4n) is 7.17. The van der Waals surface area contributed by atoms with Gasteiger partial charge in [-0.05, 0) is 122 Å². The maximum Gasteiger partial charge on any atom is 0.0462 e. The van der Waals surface area contributed by atoms with Crippen LogP contribution in [0, 0.1) is 0 Å². The third-order valence-electron chi connectivity index (χ3n) is 10.0. The lowest BCUT2D eigenvalue weighted by Crippen LogP contribution is -2.09. The third kappa shape index (κ3) is 7.35. The molecular formula is C53H41N. The van der Waals surface area contributed by atoms with Gasteiger partial charge >= 0.3 is 0 Å². The Morgan fingerprint density at radius 3 is 1.44 bits per heavy atom. The molecule has 0 aliphatic heterocycles. The monoisotopic (exact) mass is 691 g/mol. The molecule has 8 rings (SSSR count). The molecule has 0 spiro atoms. The van der Waals surface area contributed by atoms with Crippen LogP contribution in [0.15, 0.2) is 213 Å². The van der Waals surface area contributed by atoms with Gasteiger partial charge in [-0.1, -0.05) is 176 Å². The molecule has 0 bridgehead atoms. The van der Waals surface area contributed by atoms with Crippen molar-refractivity contribution in [2.75, 3.05) is 4.90 Å². The summed E-state index contributed by atoms with van der Waals surface area (Å²) in [7, 11) is 0. The molecule has 0 aromatic heterocycles. The van der Waals surface area contributed by atoms with Crippen LogP contribution >= 0.6 is 0 Å². The highest BCUT2D eigenvalue weighted by Crippen LogP contribution is 2.39. The first-order valence-corrected chi connectivity index (χ1v) is 18.5. The number of rotatable bonds is 10. The van der Waals surface area contributed by atoms with Gasteiger partial charge < -0.3 is 4.90 Å². The minimum absolute atomic E-state index is 1.10. The van der Waals surface area contributed by atoms with Crippen LogP contribution in [0.25, 0.3) is 62.2 Å². The summed E-state index contributed by atoms with van der Waals surface area (Å²) in [5, 5.41) is 0. The predicted molar refractivity (Wildman–Crippen MR) is 233 cm³/mol. The Morgan fingerprint density at radius 1 is 0.389 bits per heavy atom. The molecule has 0 aliphatic carbocycles. The first-order chi connectivity index (χ1) is 26.6. The molecule has 0 radical (unpaired) electrons. The summed E-state index contributed by atoms with van der Waals surface area (Å²) < 4.78 is 0. The van der Waals surface area contributed by atoms with Gasteiger partial charge in [0, 0.05) is 17.1 Å². The van der Waals surface area contributed by atoms with E-state index in [4.69, 9.17) is 0 Å². The van der Waals surface area contributed by atoms with Crippen molar-refractivity contribution >= 4 is 34.8 Å². The molecule has 0 fully saturated rings. The van der Waals surface area contributed by atoms with E-state index in [-0.39, 0.29) is 0 Å². The lowest BCUT2D eigenvalue weighted by atomic mass is 9.91. The number of nitrogens with zero attached hydrogens (tertiary/aromatic N) is 1. The lowest BCUT2D eigenvalue weighted by molar-refractivity contribution is 1.28. The second-order valence-corrected chi connectivity index (χ2v) is 13.5. The maximum atomic E-state index is 3.99. The van der Waals surface area contributed by atoms with Crippen molar-refractivity contribution in [3.05, 3.63) is 230 Å². The van der Waals surface area contributed by atoms with Gasteiger partial charge in [0.15, 0.2) is 0 Å². The fraction of sp³-hybridized carbons (Fsp3) is 0.0189. The molecule has 0 amide bonds. The zero-order chi connectivity index (χ0) is 36.7. The maximum absolute atomic E-state index is 3.99. The number of benzene rings is 8. The lowest BCUT2D eigenvalue weighted by Gasteiger charge is -2.26. The summed E-state index contributed by atoms with van der Waals surface area (Å²) in [6.07, 6.45) is 4.15. The molecule has 0 atom stereocenters. The van der Waals surface area contributed by atoms with Crippen LogP contribution < -0.4 is 4.90 Å². The highest BCUT2D eigenvalue weighted by Gasteiger charge is 2.15. The Bertz CT molecular complexity index is 2530. The van der Waals surface area contributed by atoms with Crippen LogP contribution in [-0.2, 0) is 0 Å². The van der Waals surface area contributed by atoms with Crippen molar-refractivity contribution in [3.63, 3.8) is 0 Å². The van der Waals surface area contributed by atoms with Gasteiger partial charge in [0.1, 0.15) is 0 Å². The second kappa shape index (κ2) is 15.7. The third-order valence-corrected chi connectivity index (χ3v) is 10.0. The molecule has 54 heavy (non-hydrogen) atoms. The molecular weight excluding hydrogens is 651 g/mol. The summed E-state index contributed by atoms with van der Waals surface area (Å²) in [6, 6.07) is 73.7. The van der Waals surface area contributed by atoms with E-state index in [2.05, 4.69) is 231 Å². The number of hydrogen-bond donors (Lipinski definition) is 0. The Hall–Kier alpha value is -6.96.